The summed E-state index contributed by atoms with van der Waals surface area (Å²) in [5.41, 5.74) is -0.565. The molecule has 1 heterocycles. The Kier molecular flexibility index (Phi) is 7.29. The summed E-state index contributed by atoms with van der Waals surface area (Å²) in [6, 6.07) is 14.0. The molecule has 1 aromatic heterocycles. The van der Waals surface area contributed by atoms with E-state index in [-0.39, 0.29) is 34.9 Å². The molecule has 0 aliphatic carbocycles. The van der Waals surface area contributed by atoms with Gasteiger partial charge in [0.05, 0.1) is 20.2 Å². The fraction of sp³-hybridized carbons (Fsp3) is 0.182. The van der Waals surface area contributed by atoms with Crippen LogP contribution in [0.2, 0.25) is 4.34 Å². The van der Waals surface area contributed by atoms with E-state index in [9.17, 15) is 22.7 Å². The lowest BCUT2D eigenvalue weighted by atomic mass is 9.97. The lowest BCUT2D eigenvalue weighted by molar-refractivity contribution is 0.00692. The van der Waals surface area contributed by atoms with E-state index in [4.69, 9.17) is 24.2 Å². The minimum atomic E-state index is -4.58. The lowest BCUT2D eigenvalue weighted by Gasteiger charge is -2.19. The molecule has 1 unspecified atom stereocenters. The number of hydrogen-bond acceptors (Lipinski definition) is 7. The molecule has 7 nitrogen and oxygen atoms in total. The Labute approximate surface area is 209 Å². The van der Waals surface area contributed by atoms with E-state index < -0.39 is 31.3 Å². The lowest BCUT2D eigenvalue weighted by Crippen LogP contribution is -2.24. The molecule has 0 amide bonds. The Morgan fingerprint density at radius 2 is 1.74 bits per heavy atom. The topological polar surface area (TPSA) is 114 Å². The van der Waals surface area contributed by atoms with Crippen molar-refractivity contribution in [2.45, 2.75) is 41.1 Å². The standard InChI is InChI=1S/C22H18BClN2O5S3/c1-22(2,3)31-21(27)14-6-4-9-18(10-14)34(29,30)26-33(28,17-8-5-7-15(23)11-17)19-12-16(13-25)32-20(19)24/h4-12H,1-3H3. The summed E-state index contributed by atoms with van der Waals surface area (Å²) in [6.45, 7) is 5.05. The van der Waals surface area contributed by atoms with E-state index in [0.29, 0.717) is 0 Å². The van der Waals surface area contributed by atoms with Gasteiger partial charge < -0.3 is 4.74 Å². The van der Waals surface area contributed by atoms with Gasteiger partial charge in [-0.15, -0.1) is 11.3 Å². The average molecular weight is 533 g/mol. The van der Waals surface area contributed by atoms with Crippen LogP contribution in [-0.4, -0.2) is 32.0 Å². The molecule has 0 spiro atoms. The van der Waals surface area contributed by atoms with Crippen LogP contribution >= 0.6 is 22.9 Å². The second-order valence-corrected chi connectivity index (χ2v) is 13.7. The first kappa shape index (κ1) is 26.0. The number of nitrogens with zero attached hydrogens (tertiary/aromatic N) is 2. The number of halogens is 1. The van der Waals surface area contributed by atoms with E-state index in [1.807, 2.05) is 6.07 Å². The van der Waals surface area contributed by atoms with Crippen molar-refractivity contribution >= 4 is 62.0 Å². The van der Waals surface area contributed by atoms with Gasteiger partial charge in [-0.25, -0.2) is 9.00 Å². The van der Waals surface area contributed by atoms with Crippen LogP contribution in [0.1, 0.15) is 36.0 Å². The van der Waals surface area contributed by atoms with E-state index >= 15 is 0 Å². The van der Waals surface area contributed by atoms with Crippen molar-refractivity contribution in [3.63, 3.8) is 0 Å². The van der Waals surface area contributed by atoms with Crippen molar-refractivity contribution < 1.29 is 22.2 Å². The Morgan fingerprint density at radius 3 is 2.32 bits per heavy atom. The maximum atomic E-state index is 14.2. The summed E-state index contributed by atoms with van der Waals surface area (Å²) in [6.07, 6.45) is 0. The molecule has 174 valence electrons. The fourth-order valence-corrected chi connectivity index (χ4v) is 8.48. The second-order valence-electron chi connectivity index (χ2n) is 8.04. The van der Waals surface area contributed by atoms with E-state index in [0.717, 1.165) is 17.4 Å². The monoisotopic (exact) mass is 532 g/mol. The average Bonchev–Trinajstić information content (AvgIpc) is 3.14. The van der Waals surface area contributed by atoms with Crippen LogP contribution in [0, 0.1) is 11.3 Å². The van der Waals surface area contributed by atoms with Crippen LogP contribution in [0.25, 0.3) is 0 Å². The molecule has 34 heavy (non-hydrogen) atoms. The van der Waals surface area contributed by atoms with Gasteiger partial charge in [0.1, 0.15) is 38.5 Å². The third-order valence-corrected chi connectivity index (χ3v) is 10.0. The molecule has 0 saturated heterocycles. The van der Waals surface area contributed by atoms with Crippen LogP contribution in [0.4, 0.5) is 0 Å². The number of esters is 1. The molecule has 3 rings (SSSR count). The van der Waals surface area contributed by atoms with Gasteiger partial charge in [-0.3, -0.25) is 0 Å². The number of sulfonamides is 1. The minimum absolute atomic E-state index is 0.00330. The predicted octanol–water partition coefficient (Wildman–Crippen LogP) is 4.30. The normalized spacial score (nSPS) is 13.5. The summed E-state index contributed by atoms with van der Waals surface area (Å²) in [5.74, 6) is -0.722. The zero-order chi connectivity index (χ0) is 25.3. The summed E-state index contributed by atoms with van der Waals surface area (Å²) >= 11 is 7.09. The Bertz CT molecular complexity index is 1540. The first-order valence-corrected chi connectivity index (χ1v) is 13.8. The maximum Gasteiger partial charge on any atom is 0.338 e. The van der Waals surface area contributed by atoms with Crippen LogP contribution in [0.15, 0.2) is 73.1 Å². The molecule has 0 N–H and O–H groups in total. The molecule has 12 heteroatoms. The molecule has 0 aliphatic rings. The van der Waals surface area contributed by atoms with Gasteiger partial charge in [0.25, 0.3) is 10.0 Å². The molecule has 3 aromatic rings. The zero-order valence-corrected chi connectivity index (χ0v) is 21.5. The van der Waals surface area contributed by atoms with E-state index in [2.05, 4.69) is 3.77 Å². The molecule has 0 bridgehead atoms. The smallest absolute Gasteiger partial charge is 0.338 e. The maximum absolute atomic E-state index is 14.2. The second kappa shape index (κ2) is 9.54. The molecule has 0 saturated carbocycles. The Hall–Kier alpha value is -2.65. The first-order valence-electron chi connectivity index (χ1n) is 9.67. The number of rotatable bonds is 5. The summed E-state index contributed by atoms with van der Waals surface area (Å²) in [7, 11) is -2.63. The molecular weight excluding hydrogens is 515 g/mol. The van der Waals surface area contributed by atoms with Gasteiger partial charge in [-0.05, 0) is 51.1 Å². The quantitative estimate of drug-likeness (QED) is 0.358. The Balaban J connectivity index is 2.24. The number of carbonyl (C=O) groups excluding carboxylic acids is 1. The zero-order valence-electron chi connectivity index (χ0n) is 18.3. The summed E-state index contributed by atoms with van der Waals surface area (Å²) in [4.78, 5) is 12.1. The van der Waals surface area contributed by atoms with Gasteiger partial charge in [0, 0.05) is 0 Å². The predicted molar refractivity (Wildman–Crippen MR) is 132 cm³/mol. The van der Waals surface area contributed by atoms with Crippen molar-refractivity contribution in [2.24, 2.45) is 3.77 Å². The van der Waals surface area contributed by atoms with Crippen LogP contribution in [-0.2, 0) is 24.5 Å². The summed E-state index contributed by atoms with van der Waals surface area (Å²) in [5, 5.41) is 9.23. The molecule has 0 fully saturated rings. The Morgan fingerprint density at radius 1 is 1.09 bits per heavy atom. The molecular formula is C22H18BClN2O5S3. The van der Waals surface area contributed by atoms with Gasteiger partial charge in [0.2, 0.25) is 0 Å². The minimum Gasteiger partial charge on any atom is -0.456 e. The third-order valence-electron chi connectivity index (χ3n) is 4.21. The highest BCUT2D eigenvalue weighted by Gasteiger charge is 2.28. The number of nitriles is 1. The highest BCUT2D eigenvalue weighted by atomic mass is 35.5. The highest BCUT2D eigenvalue weighted by molar-refractivity contribution is 8.03. The summed E-state index contributed by atoms with van der Waals surface area (Å²) < 4.78 is 49.8. The number of benzene rings is 2. The first-order chi connectivity index (χ1) is 15.7. The number of ether oxygens (including phenoxy) is 1. The van der Waals surface area contributed by atoms with Gasteiger partial charge in [0.15, 0.2) is 0 Å². The highest BCUT2D eigenvalue weighted by Crippen LogP contribution is 2.37. The van der Waals surface area contributed by atoms with Gasteiger partial charge in [-0.1, -0.05) is 45.1 Å². The SMILES string of the molecule is [B]c1cccc(S(=O)(=NS(=O)(=O)c2cccc(C(=O)OC(C)(C)C)c2)c2cc(C#N)sc2Cl)c1. The molecule has 2 aromatic carbocycles. The fourth-order valence-electron chi connectivity index (χ4n) is 2.79. The van der Waals surface area contributed by atoms with Crippen molar-refractivity contribution in [3.8, 4) is 6.07 Å². The van der Waals surface area contributed by atoms with E-state index in [1.54, 1.807) is 20.8 Å². The third kappa shape index (κ3) is 5.70. The van der Waals surface area contributed by atoms with Crippen molar-refractivity contribution in [2.75, 3.05) is 0 Å². The molecule has 1 atom stereocenters. The van der Waals surface area contributed by atoms with Crippen LogP contribution in [0.5, 0.6) is 0 Å². The number of hydrogen-bond donors (Lipinski definition) is 0. The molecule has 0 aliphatic heterocycles. The van der Waals surface area contributed by atoms with Crippen LogP contribution < -0.4 is 5.46 Å². The van der Waals surface area contributed by atoms with Crippen molar-refractivity contribution in [3.05, 3.63) is 69.4 Å². The van der Waals surface area contributed by atoms with E-state index in [1.165, 1.54) is 48.5 Å². The number of carbonyl (C=O) groups is 1. The van der Waals surface area contributed by atoms with Crippen molar-refractivity contribution in [1.82, 2.24) is 0 Å². The van der Waals surface area contributed by atoms with Crippen molar-refractivity contribution in [1.29, 1.82) is 5.26 Å². The van der Waals surface area contributed by atoms with Gasteiger partial charge >= 0.3 is 5.97 Å². The molecule has 2 radical (unpaired) electrons. The number of thiophene rings is 1. The van der Waals surface area contributed by atoms with Gasteiger partial charge in [-0.2, -0.15) is 13.7 Å². The largest absolute Gasteiger partial charge is 0.456 e. The van der Waals surface area contributed by atoms with Crippen LogP contribution in [0.3, 0.4) is 0 Å².